The minimum absolute atomic E-state index is 0. The van der Waals surface area contributed by atoms with E-state index in [1.165, 1.54) is 37.7 Å². The van der Waals surface area contributed by atoms with Gasteiger partial charge < -0.3 is 6.92 Å². The number of hydrogen-bond donors (Lipinski definition) is 0. The van der Waals surface area contributed by atoms with E-state index in [1.807, 2.05) is 0 Å². The summed E-state index contributed by atoms with van der Waals surface area (Å²) in [6, 6.07) is 0.845. The topological polar surface area (TPSA) is 3.24 Å². The van der Waals surface area contributed by atoms with Gasteiger partial charge in [-0.15, -0.1) is 12.5 Å². The fourth-order valence-electron chi connectivity index (χ4n) is 2.59. The van der Waals surface area contributed by atoms with Crippen LogP contribution >= 0.6 is 0 Å². The van der Waals surface area contributed by atoms with Crippen LogP contribution in [0.25, 0.3) is 0 Å². The summed E-state index contributed by atoms with van der Waals surface area (Å²) in [4.78, 5) is 2.60. The van der Waals surface area contributed by atoms with Gasteiger partial charge in [-0.1, -0.05) is 24.8 Å². The molecular weight excluding hydrogens is 165 g/mol. The second-order valence-electron chi connectivity index (χ2n) is 4.58. The van der Waals surface area contributed by atoms with Gasteiger partial charge in [0.1, 0.15) is 0 Å². The Balaban J connectivity index is 0.000000980. The fraction of sp³-hybridized carbons (Fsp3) is 0.750. The summed E-state index contributed by atoms with van der Waals surface area (Å²) < 4.78 is 0. The van der Waals surface area contributed by atoms with Crippen molar-refractivity contribution in [2.45, 2.75) is 38.1 Å². The summed E-state index contributed by atoms with van der Waals surface area (Å²) in [5, 5.41) is 0. The van der Waals surface area contributed by atoms with Crippen molar-refractivity contribution in [1.29, 1.82) is 0 Å². The van der Waals surface area contributed by atoms with Crippen LogP contribution in [0, 0.1) is 12.8 Å². The second kappa shape index (κ2) is 5.40. The van der Waals surface area contributed by atoms with Gasteiger partial charge in [-0.3, -0.25) is 4.90 Å². The Kier molecular flexibility index (Phi) is 4.77. The Morgan fingerprint density at radius 1 is 1.21 bits per heavy atom. The van der Waals surface area contributed by atoms with Gasteiger partial charge >= 0.3 is 18.9 Å². The standard InChI is InChI=1S/C12H20N.Li/c1-10-8-13(9-11(10)2)12-6-4-3-5-7-12;/h10,12H,1-9H2;/q-1;+1. The van der Waals surface area contributed by atoms with Gasteiger partial charge in [-0.05, 0) is 19.4 Å². The molecule has 14 heavy (non-hydrogen) atoms. The molecule has 2 fully saturated rings. The molecule has 0 spiro atoms. The van der Waals surface area contributed by atoms with Crippen molar-refractivity contribution in [3.05, 3.63) is 19.1 Å². The van der Waals surface area contributed by atoms with E-state index in [0.29, 0.717) is 5.92 Å². The van der Waals surface area contributed by atoms with Crippen molar-refractivity contribution in [3.8, 4) is 0 Å². The van der Waals surface area contributed by atoms with E-state index in [1.54, 1.807) is 0 Å². The van der Waals surface area contributed by atoms with Crippen molar-refractivity contribution in [3.63, 3.8) is 0 Å². The Morgan fingerprint density at radius 3 is 2.36 bits per heavy atom. The van der Waals surface area contributed by atoms with Gasteiger partial charge in [-0.2, -0.15) is 0 Å². The quantitative estimate of drug-likeness (QED) is 0.306. The Morgan fingerprint density at radius 2 is 1.86 bits per heavy atom. The molecule has 1 heterocycles. The number of likely N-dealkylation sites (tertiary alicyclic amines) is 1. The number of rotatable bonds is 1. The zero-order valence-corrected chi connectivity index (χ0v) is 9.47. The predicted molar refractivity (Wildman–Crippen MR) is 56.4 cm³/mol. The molecule has 2 rings (SSSR count). The maximum absolute atomic E-state index is 4.12. The molecule has 2 aliphatic rings. The zero-order valence-electron chi connectivity index (χ0n) is 9.47. The van der Waals surface area contributed by atoms with E-state index in [9.17, 15) is 0 Å². The maximum Gasteiger partial charge on any atom is 1.00 e. The van der Waals surface area contributed by atoms with Crippen molar-refractivity contribution in [2.24, 2.45) is 5.92 Å². The van der Waals surface area contributed by atoms with Crippen molar-refractivity contribution in [1.82, 2.24) is 4.90 Å². The number of nitrogens with zero attached hydrogens (tertiary/aromatic N) is 1. The molecule has 0 N–H and O–H groups in total. The van der Waals surface area contributed by atoms with Crippen LogP contribution in [-0.4, -0.2) is 24.0 Å². The largest absolute Gasteiger partial charge is 1.00 e. The van der Waals surface area contributed by atoms with E-state index < -0.39 is 0 Å². The minimum atomic E-state index is 0. The second-order valence-corrected chi connectivity index (χ2v) is 4.58. The predicted octanol–water partition coefficient (Wildman–Crippen LogP) is -0.355. The molecule has 1 aliphatic heterocycles. The monoisotopic (exact) mass is 185 g/mol. The molecule has 1 nitrogen and oxygen atoms in total. The first-order valence-electron chi connectivity index (χ1n) is 5.52. The minimum Gasteiger partial charge on any atom is -0.335 e. The molecule has 0 amide bonds. The molecular formula is C12H20LiN. The molecule has 0 bridgehead atoms. The third kappa shape index (κ3) is 2.66. The third-order valence-corrected chi connectivity index (χ3v) is 3.53. The Bertz CT molecular complexity index is 196. The van der Waals surface area contributed by atoms with E-state index in [-0.39, 0.29) is 18.9 Å². The Labute approximate surface area is 100 Å². The van der Waals surface area contributed by atoms with Gasteiger partial charge in [-0.25, -0.2) is 0 Å². The third-order valence-electron chi connectivity index (χ3n) is 3.53. The van der Waals surface area contributed by atoms with Gasteiger partial charge in [0.05, 0.1) is 0 Å². The van der Waals surface area contributed by atoms with Gasteiger partial charge in [0.2, 0.25) is 0 Å². The van der Waals surface area contributed by atoms with Crippen LogP contribution in [0.5, 0.6) is 0 Å². The summed E-state index contributed by atoms with van der Waals surface area (Å²) in [6.07, 6.45) is 7.10. The van der Waals surface area contributed by atoms with Crippen LogP contribution in [-0.2, 0) is 0 Å². The Hall–Kier alpha value is 0.297. The van der Waals surface area contributed by atoms with Gasteiger partial charge in [0.15, 0.2) is 0 Å². The molecule has 1 unspecified atom stereocenters. The summed E-state index contributed by atoms with van der Waals surface area (Å²) >= 11 is 0. The van der Waals surface area contributed by atoms with Gasteiger partial charge in [0.25, 0.3) is 0 Å². The maximum atomic E-state index is 4.12. The first kappa shape index (κ1) is 12.4. The first-order chi connectivity index (χ1) is 6.27. The molecule has 1 saturated heterocycles. The smallest absolute Gasteiger partial charge is 0.335 e. The van der Waals surface area contributed by atoms with Crippen LogP contribution in [0.4, 0.5) is 0 Å². The summed E-state index contributed by atoms with van der Waals surface area (Å²) in [6.45, 7) is 10.5. The molecule has 1 atom stereocenters. The molecule has 1 aliphatic carbocycles. The van der Waals surface area contributed by atoms with Crippen LogP contribution < -0.4 is 18.9 Å². The van der Waals surface area contributed by atoms with E-state index >= 15 is 0 Å². The van der Waals surface area contributed by atoms with Crippen LogP contribution in [0.2, 0.25) is 0 Å². The molecule has 2 heteroatoms. The molecule has 0 aromatic carbocycles. The summed E-state index contributed by atoms with van der Waals surface area (Å²) in [5.41, 5.74) is 1.34. The normalized spacial score (nSPS) is 30.4. The van der Waals surface area contributed by atoms with E-state index in [2.05, 4.69) is 18.4 Å². The van der Waals surface area contributed by atoms with Crippen LogP contribution in [0.15, 0.2) is 12.2 Å². The zero-order chi connectivity index (χ0) is 9.26. The van der Waals surface area contributed by atoms with Crippen molar-refractivity contribution < 1.29 is 18.9 Å². The average molecular weight is 185 g/mol. The SMILES string of the molecule is C=C1CN(C2CCCCC2)CC1[CH2-].[Li+]. The first-order valence-corrected chi connectivity index (χ1v) is 5.52. The van der Waals surface area contributed by atoms with Crippen molar-refractivity contribution >= 4 is 0 Å². The van der Waals surface area contributed by atoms with Crippen LogP contribution in [0.1, 0.15) is 32.1 Å². The van der Waals surface area contributed by atoms with Crippen LogP contribution in [0.3, 0.4) is 0 Å². The van der Waals surface area contributed by atoms with E-state index in [0.717, 1.165) is 19.1 Å². The molecule has 74 valence electrons. The summed E-state index contributed by atoms with van der Waals surface area (Å²) in [5.74, 6) is 0.488. The average Bonchev–Trinajstić information content (AvgIpc) is 2.49. The summed E-state index contributed by atoms with van der Waals surface area (Å²) in [7, 11) is 0. The van der Waals surface area contributed by atoms with E-state index in [4.69, 9.17) is 0 Å². The number of hydrogen-bond acceptors (Lipinski definition) is 1. The molecule has 0 aromatic heterocycles. The molecule has 0 radical (unpaired) electrons. The fourth-order valence-corrected chi connectivity index (χ4v) is 2.59. The van der Waals surface area contributed by atoms with Crippen molar-refractivity contribution in [2.75, 3.05) is 13.1 Å². The molecule has 1 saturated carbocycles. The molecule has 0 aromatic rings. The van der Waals surface area contributed by atoms with Gasteiger partial charge in [0, 0.05) is 12.6 Å².